The predicted octanol–water partition coefficient (Wildman–Crippen LogP) is 3.46. The van der Waals surface area contributed by atoms with Gasteiger partial charge >= 0.3 is 0 Å². The lowest BCUT2D eigenvalue weighted by Crippen LogP contribution is -2.17. The van der Waals surface area contributed by atoms with Crippen molar-refractivity contribution in [1.29, 1.82) is 0 Å². The van der Waals surface area contributed by atoms with E-state index in [1.165, 1.54) is 11.6 Å². The molecule has 20 heavy (non-hydrogen) atoms. The van der Waals surface area contributed by atoms with Crippen LogP contribution in [-0.2, 0) is 0 Å². The zero-order valence-corrected chi connectivity index (χ0v) is 12.2. The van der Waals surface area contributed by atoms with Crippen molar-refractivity contribution in [2.45, 2.75) is 39.2 Å². The highest BCUT2D eigenvalue weighted by atomic mass is 16.1. The Balaban J connectivity index is 2.26. The molecule has 1 atom stereocenters. The van der Waals surface area contributed by atoms with Crippen LogP contribution in [0.25, 0.3) is 0 Å². The Morgan fingerprint density at radius 1 is 1.25 bits per heavy atom. The summed E-state index contributed by atoms with van der Waals surface area (Å²) in [7, 11) is 0. The molecular weight excluding hydrogens is 250 g/mol. The monoisotopic (exact) mass is 271 g/mol. The number of hydrogen-bond donors (Lipinski definition) is 2. The second-order valence-electron chi connectivity index (χ2n) is 5.19. The molecule has 1 heterocycles. The third-order valence-corrected chi connectivity index (χ3v) is 3.24. The van der Waals surface area contributed by atoms with Crippen LogP contribution in [0.1, 0.15) is 50.5 Å². The van der Waals surface area contributed by atoms with Crippen LogP contribution in [0.4, 0.5) is 5.82 Å². The molecule has 2 rings (SSSR count). The van der Waals surface area contributed by atoms with Gasteiger partial charge in [0.05, 0.1) is 6.04 Å². The summed E-state index contributed by atoms with van der Waals surface area (Å²) in [6.07, 6.45) is 0.926. The van der Waals surface area contributed by atoms with Crippen LogP contribution in [0.2, 0.25) is 0 Å². The number of nitrogens with zero attached hydrogens (tertiary/aromatic N) is 1. The number of anilines is 1. The minimum atomic E-state index is -0.117. The van der Waals surface area contributed by atoms with Gasteiger partial charge in [-0.15, -0.1) is 0 Å². The number of aromatic amines is 1. The summed E-state index contributed by atoms with van der Waals surface area (Å²) in [5.41, 5.74) is 1.08. The first-order valence-corrected chi connectivity index (χ1v) is 7.03. The molecule has 0 radical (unpaired) electrons. The summed E-state index contributed by atoms with van der Waals surface area (Å²) in [6, 6.07) is 11.9. The number of benzene rings is 1. The minimum absolute atomic E-state index is 0.117. The maximum absolute atomic E-state index is 11.7. The van der Waals surface area contributed by atoms with E-state index in [4.69, 9.17) is 0 Å². The second-order valence-corrected chi connectivity index (χ2v) is 5.19. The molecule has 0 aliphatic carbocycles. The van der Waals surface area contributed by atoms with Crippen LogP contribution in [0.3, 0.4) is 0 Å². The summed E-state index contributed by atoms with van der Waals surface area (Å²) in [5.74, 6) is 1.54. The Bertz CT molecular complexity index is 605. The van der Waals surface area contributed by atoms with Crippen LogP contribution in [0, 0.1) is 0 Å². The summed E-state index contributed by atoms with van der Waals surface area (Å²) in [5, 5.41) is 3.35. The zero-order valence-electron chi connectivity index (χ0n) is 12.2. The number of aromatic nitrogens is 2. The van der Waals surface area contributed by atoms with Crippen molar-refractivity contribution in [2.24, 2.45) is 0 Å². The van der Waals surface area contributed by atoms with Crippen LogP contribution in [0.15, 0.2) is 41.2 Å². The van der Waals surface area contributed by atoms with E-state index >= 15 is 0 Å². The fraction of sp³-hybridized carbons (Fsp3) is 0.375. The predicted molar refractivity (Wildman–Crippen MR) is 82.0 cm³/mol. The molecule has 1 aromatic heterocycles. The normalized spacial score (nSPS) is 12.4. The molecule has 0 amide bonds. The fourth-order valence-corrected chi connectivity index (χ4v) is 2.11. The second kappa shape index (κ2) is 6.37. The minimum Gasteiger partial charge on any atom is -0.363 e. The Labute approximate surface area is 119 Å². The lowest BCUT2D eigenvalue weighted by molar-refractivity contribution is 0.728. The first-order valence-electron chi connectivity index (χ1n) is 7.03. The van der Waals surface area contributed by atoms with Crippen LogP contribution in [0.5, 0.6) is 0 Å². The van der Waals surface area contributed by atoms with Crippen LogP contribution in [-0.4, -0.2) is 9.97 Å². The van der Waals surface area contributed by atoms with E-state index in [1.54, 1.807) is 0 Å². The van der Waals surface area contributed by atoms with Gasteiger partial charge in [0.1, 0.15) is 11.6 Å². The lowest BCUT2D eigenvalue weighted by Gasteiger charge is -2.18. The maximum atomic E-state index is 11.7. The molecule has 1 aromatic carbocycles. The molecule has 0 saturated carbocycles. The van der Waals surface area contributed by atoms with Crippen molar-refractivity contribution < 1.29 is 0 Å². The molecule has 1 unspecified atom stereocenters. The van der Waals surface area contributed by atoms with Gasteiger partial charge in [0.15, 0.2) is 0 Å². The molecule has 2 aromatic rings. The number of rotatable bonds is 5. The van der Waals surface area contributed by atoms with Crippen molar-refractivity contribution in [3.05, 3.63) is 58.1 Å². The van der Waals surface area contributed by atoms with Gasteiger partial charge in [-0.3, -0.25) is 4.79 Å². The zero-order chi connectivity index (χ0) is 14.5. The summed E-state index contributed by atoms with van der Waals surface area (Å²) in [4.78, 5) is 18.9. The van der Waals surface area contributed by atoms with Crippen molar-refractivity contribution in [1.82, 2.24) is 9.97 Å². The van der Waals surface area contributed by atoms with E-state index in [9.17, 15) is 4.79 Å². The number of nitrogens with one attached hydrogen (secondary N) is 2. The Kier molecular flexibility index (Phi) is 4.56. The lowest BCUT2D eigenvalue weighted by atomic mass is 10.0. The van der Waals surface area contributed by atoms with E-state index in [1.807, 2.05) is 32.0 Å². The first kappa shape index (κ1) is 14.3. The summed E-state index contributed by atoms with van der Waals surface area (Å²) >= 11 is 0. The van der Waals surface area contributed by atoms with Crippen molar-refractivity contribution >= 4 is 5.82 Å². The molecule has 106 valence electrons. The Morgan fingerprint density at radius 3 is 2.55 bits per heavy atom. The molecule has 0 saturated heterocycles. The molecule has 0 spiro atoms. The molecule has 0 aliphatic heterocycles. The SMILES string of the molecule is CCC(Nc1cc(=O)[nH]c(C(C)C)n1)c1ccccc1. The molecular formula is C16H21N3O. The molecule has 4 nitrogen and oxygen atoms in total. The first-order chi connectivity index (χ1) is 9.60. The molecule has 4 heteroatoms. The smallest absolute Gasteiger partial charge is 0.252 e. The van der Waals surface area contributed by atoms with E-state index < -0.39 is 0 Å². The highest BCUT2D eigenvalue weighted by Crippen LogP contribution is 2.21. The van der Waals surface area contributed by atoms with Crippen LogP contribution >= 0.6 is 0 Å². The highest BCUT2D eigenvalue weighted by Gasteiger charge is 2.11. The maximum Gasteiger partial charge on any atom is 0.252 e. The Morgan fingerprint density at radius 2 is 1.95 bits per heavy atom. The van der Waals surface area contributed by atoms with Gasteiger partial charge in [-0.05, 0) is 12.0 Å². The van der Waals surface area contributed by atoms with Gasteiger partial charge in [0.25, 0.3) is 5.56 Å². The standard InChI is InChI=1S/C16H21N3O/c1-4-13(12-8-6-5-7-9-12)17-14-10-15(20)19-16(18-14)11(2)3/h5-11,13H,4H2,1-3H3,(H2,17,18,19,20). The van der Waals surface area contributed by atoms with Gasteiger partial charge in [0.2, 0.25) is 0 Å². The average Bonchev–Trinajstić information content (AvgIpc) is 2.45. The van der Waals surface area contributed by atoms with Gasteiger partial charge in [-0.1, -0.05) is 51.1 Å². The number of hydrogen-bond acceptors (Lipinski definition) is 3. The third kappa shape index (κ3) is 3.47. The van der Waals surface area contributed by atoms with Gasteiger partial charge in [0, 0.05) is 12.0 Å². The number of H-pyrrole nitrogens is 1. The van der Waals surface area contributed by atoms with E-state index in [-0.39, 0.29) is 17.5 Å². The van der Waals surface area contributed by atoms with Gasteiger partial charge in [-0.2, -0.15) is 0 Å². The highest BCUT2D eigenvalue weighted by molar-refractivity contribution is 5.38. The van der Waals surface area contributed by atoms with Gasteiger partial charge < -0.3 is 10.3 Å². The fourth-order valence-electron chi connectivity index (χ4n) is 2.11. The summed E-state index contributed by atoms with van der Waals surface area (Å²) < 4.78 is 0. The average molecular weight is 271 g/mol. The largest absolute Gasteiger partial charge is 0.363 e. The molecule has 0 aliphatic rings. The molecule has 2 N–H and O–H groups in total. The van der Waals surface area contributed by atoms with E-state index in [0.717, 1.165) is 6.42 Å². The molecule has 0 bridgehead atoms. The quantitative estimate of drug-likeness (QED) is 0.875. The third-order valence-electron chi connectivity index (χ3n) is 3.24. The van der Waals surface area contributed by atoms with Crippen LogP contribution < -0.4 is 10.9 Å². The topological polar surface area (TPSA) is 57.8 Å². The van der Waals surface area contributed by atoms with E-state index in [2.05, 4.69) is 34.3 Å². The molecule has 0 fully saturated rings. The van der Waals surface area contributed by atoms with Gasteiger partial charge in [-0.25, -0.2) is 4.98 Å². The van der Waals surface area contributed by atoms with Crippen molar-refractivity contribution in [3.8, 4) is 0 Å². The Hall–Kier alpha value is -2.10. The van der Waals surface area contributed by atoms with Crippen molar-refractivity contribution in [3.63, 3.8) is 0 Å². The summed E-state index contributed by atoms with van der Waals surface area (Å²) in [6.45, 7) is 6.13. The van der Waals surface area contributed by atoms with E-state index in [0.29, 0.717) is 11.6 Å². The van der Waals surface area contributed by atoms with Crippen molar-refractivity contribution in [2.75, 3.05) is 5.32 Å².